The first-order valence-electron chi connectivity index (χ1n) is 8.59. The van der Waals surface area contributed by atoms with Gasteiger partial charge in [0.1, 0.15) is 5.76 Å². The zero-order valence-electron chi connectivity index (χ0n) is 16.2. The van der Waals surface area contributed by atoms with Gasteiger partial charge in [0.05, 0.1) is 44.1 Å². The molecule has 3 aromatic rings. The second kappa shape index (κ2) is 8.83. The maximum atomic E-state index is 12.2. The lowest BCUT2D eigenvalue weighted by atomic mass is 10.2. The molecular weight excluding hydrogens is 380 g/mol. The molecule has 0 saturated carbocycles. The fraction of sp³-hybridized carbons (Fsp3) is 0.316. The van der Waals surface area contributed by atoms with Crippen molar-refractivity contribution in [2.24, 2.45) is 0 Å². The second-order valence-corrected chi connectivity index (χ2v) is 7.13. The standard InChI is InChI=1S/C19H22N4O4S/c1-12-16(13(2)27-22-12)10-23-9-14(8-20-23)21-19(24)11-28-15-5-6-17(25-3)18(7-15)26-4/h5-9H,10-11H2,1-4H3,(H,21,24). The van der Waals surface area contributed by atoms with Crippen LogP contribution in [0.3, 0.4) is 0 Å². The van der Waals surface area contributed by atoms with Gasteiger partial charge in [-0.1, -0.05) is 5.16 Å². The molecule has 8 nitrogen and oxygen atoms in total. The van der Waals surface area contributed by atoms with Crippen molar-refractivity contribution in [2.45, 2.75) is 25.3 Å². The highest BCUT2D eigenvalue weighted by molar-refractivity contribution is 8.00. The molecule has 2 heterocycles. The van der Waals surface area contributed by atoms with E-state index in [0.29, 0.717) is 23.7 Å². The number of nitrogens with one attached hydrogen (secondary N) is 1. The number of aromatic nitrogens is 3. The van der Waals surface area contributed by atoms with E-state index in [4.69, 9.17) is 14.0 Å². The Labute approximate surface area is 167 Å². The van der Waals surface area contributed by atoms with Gasteiger partial charge in [-0.25, -0.2) is 0 Å². The summed E-state index contributed by atoms with van der Waals surface area (Å²) in [7, 11) is 3.17. The molecule has 0 atom stereocenters. The molecule has 0 saturated heterocycles. The van der Waals surface area contributed by atoms with Crippen LogP contribution in [0.1, 0.15) is 17.0 Å². The molecule has 0 unspecified atom stereocenters. The number of hydrogen-bond donors (Lipinski definition) is 1. The van der Waals surface area contributed by atoms with E-state index in [1.54, 1.807) is 31.3 Å². The summed E-state index contributed by atoms with van der Waals surface area (Å²) < 4.78 is 17.4. The minimum atomic E-state index is -0.114. The molecule has 148 valence electrons. The summed E-state index contributed by atoms with van der Waals surface area (Å²) >= 11 is 1.42. The molecule has 0 bridgehead atoms. The first-order valence-corrected chi connectivity index (χ1v) is 9.57. The Kier molecular flexibility index (Phi) is 6.25. The van der Waals surface area contributed by atoms with E-state index in [1.807, 2.05) is 32.0 Å². The molecule has 1 N–H and O–H groups in total. The van der Waals surface area contributed by atoms with E-state index < -0.39 is 0 Å². The molecule has 28 heavy (non-hydrogen) atoms. The van der Waals surface area contributed by atoms with E-state index in [2.05, 4.69) is 15.6 Å². The van der Waals surface area contributed by atoms with Gasteiger partial charge >= 0.3 is 0 Å². The SMILES string of the molecule is COc1ccc(SCC(=O)Nc2cnn(Cc3c(C)noc3C)c2)cc1OC. The average Bonchev–Trinajstić information content (AvgIpc) is 3.27. The normalized spacial score (nSPS) is 10.7. The molecular formula is C19H22N4O4S. The second-order valence-electron chi connectivity index (χ2n) is 6.08. The summed E-state index contributed by atoms with van der Waals surface area (Å²) in [5.41, 5.74) is 2.47. The lowest BCUT2D eigenvalue weighted by molar-refractivity contribution is -0.113. The van der Waals surface area contributed by atoms with Crippen molar-refractivity contribution in [1.82, 2.24) is 14.9 Å². The van der Waals surface area contributed by atoms with Crippen molar-refractivity contribution in [3.63, 3.8) is 0 Å². The fourth-order valence-corrected chi connectivity index (χ4v) is 3.38. The maximum absolute atomic E-state index is 12.2. The van der Waals surface area contributed by atoms with Crippen LogP contribution in [-0.4, -0.2) is 40.8 Å². The van der Waals surface area contributed by atoms with Crippen molar-refractivity contribution >= 4 is 23.4 Å². The number of thioether (sulfide) groups is 1. The molecule has 3 rings (SSSR count). The number of carbonyl (C=O) groups is 1. The summed E-state index contributed by atoms with van der Waals surface area (Å²) in [5, 5.41) is 11.1. The highest BCUT2D eigenvalue weighted by Gasteiger charge is 2.12. The summed E-state index contributed by atoms with van der Waals surface area (Å²) in [5.74, 6) is 2.21. The molecule has 0 fully saturated rings. The highest BCUT2D eigenvalue weighted by atomic mass is 32.2. The molecule has 0 aliphatic carbocycles. The molecule has 0 aliphatic heterocycles. The Hall–Kier alpha value is -2.94. The first kappa shape index (κ1) is 19.8. The zero-order chi connectivity index (χ0) is 20.1. The Morgan fingerprint density at radius 3 is 2.71 bits per heavy atom. The predicted molar refractivity (Wildman–Crippen MR) is 106 cm³/mol. The van der Waals surface area contributed by atoms with Gasteiger partial charge in [0.15, 0.2) is 11.5 Å². The predicted octanol–water partition coefficient (Wildman–Crippen LogP) is 3.28. The number of methoxy groups -OCH3 is 2. The average molecular weight is 402 g/mol. The van der Waals surface area contributed by atoms with Crippen molar-refractivity contribution in [3.05, 3.63) is 47.6 Å². The quantitative estimate of drug-likeness (QED) is 0.578. The third kappa shape index (κ3) is 4.66. The molecule has 2 aromatic heterocycles. The van der Waals surface area contributed by atoms with Crippen LogP contribution in [0.25, 0.3) is 0 Å². The van der Waals surface area contributed by atoms with E-state index >= 15 is 0 Å². The number of ether oxygens (including phenoxy) is 2. The monoisotopic (exact) mass is 402 g/mol. The van der Waals surface area contributed by atoms with Crippen LogP contribution in [0.2, 0.25) is 0 Å². The highest BCUT2D eigenvalue weighted by Crippen LogP contribution is 2.31. The Bertz CT molecular complexity index is 947. The largest absolute Gasteiger partial charge is 0.493 e. The van der Waals surface area contributed by atoms with Crippen LogP contribution in [0.15, 0.2) is 40.0 Å². The van der Waals surface area contributed by atoms with Gasteiger partial charge in [-0.05, 0) is 32.0 Å². The number of benzene rings is 1. The third-order valence-corrected chi connectivity index (χ3v) is 5.14. The van der Waals surface area contributed by atoms with Crippen molar-refractivity contribution in [3.8, 4) is 11.5 Å². The lowest BCUT2D eigenvalue weighted by Gasteiger charge is -2.09. The fourth-order valence-electron chi connectivity index (χ4n) is 2.66. The van der Waals surface area contributed by atoms with Crippen LogP contribution < -0.4 is 14.8 Å². The van der Waals surface area contributed by atoms with Crippen LogP contribution in [-0.2, 0) is 11.3 Å². The number of anilines is 1. The lowest BCUT2D eigenvalue weighted by Crippen LogP contribution is -2.13. The third-order valence-electron chi connectivity index (χ3n) is 4.14. The van der Waals surface area contributed by atoms with Crippen molar-refractivity contribution < 1.29 is 18.8 Å². The zero-order valence-corrected chi connectivity index (χ0v) is 17.0. The number of carbonyl (C=O) groups excluding carboxylic acids is 1. The van der Waals surface area contributed by atoms with Gasteiger partial charge in [0, 0.05) is 16.7 Å². The summed E-state index contributed by atoms with van der Waals surface area (Å²) in [4.78, 5) is 13.2. The minimum Gasteiger partial charge on any atom is -0.493 e. The van der Waals surface area contributed by atoms with Crippen LogP contribution in [0.4, 0.5) is 5.69 Å². The van der Waals surface area contributed by atoms with Crippen molar-refractivity contribution in [1.29, 1.82) is 0 Å². The molecule has 0 spiro atoms. The van der Waals surface area contributed by atoms with Gasteiger partial charge < -0.3 is 19.3 Å². The van der Waals surface area contributed by atoms with Gasteiger partial charge in [-0.2, -0.15) is 5.10 Å². The van der Waals surface area contributed by atoms with Crippen LogP contribution in [0.5, 0.6) is 11.5 Å². The van der Waals surface area contributed by atoms with Crippen LogP contribution >= 0.6 is 11.8 Å². The number of hydrogen-bond acceptors (Lipinski definition) is 7. The number of rotatable bonds is 8. The molecule has 0 aliphatic rings. The van der Waals surface area contributed by atoms with Crippen LogP contribution in [0, 0.1) is 13.8 Å². The van der Waals surface area contributed by atoms with Gasteiger partial charge in [0.2, 0.25) is 5.91 Å². The van der Waals surface area contributed by atoms with E-state index in [9.17, 15) is 4.79 Å². The Morgan fingerprint density at radius 1 is 1.25 bits per heavy atom. The number of aryl methyl sites for hydroxylation is 2. The van der Waals surface area contributed by atoms with Gasteiger partial charge in [0.25, 0.3) is 0 Å². The summed E-state index contributed by atoms with van der Waals surface area (Å²) in [6, 6.07) is 5.55. The maximum Gasteiger partial charge on any atom is 0.234 e. The summed E-state index contributed by atoms with van der Waals surface area (Å²) in [6.07, 6.45) is 3.40. The topological polar surface area (TPSA) is 91.4 Å². The first-order chi connectivity index (χ1) is 13.5. The van der Waals surface area contributed by atoms with Crippen molar-refractivity contribution in [2.75, 3.05) is 25.3 Å². The Morgan fingerprint density at radius 2 is 2.04 bits per heavy atom. The van der Waals surface area contributed by atoms with E-state index in [-0.39, 0.29) is 11.7 Å². The van der Waals surface area contributed by atoms with Gasteiger partial charge in [-0.15, -0.1) is 11.8 Å². The number of amides is 1. The number of nitrogens with zero attached hydrogens (tertiary/aromatic N) is 3. The molecule has 1 aromatic carbocycles. The summed E-state index contributed by atoms with van der Waals surface area (Å²) in [6.45, 7) is 4.30. The molecule has 9 heteroatoms. The molecule has 1 amide bonds. The smallest absolute Gasteiger partial charge is 0.234 e. The van der Waals surface area contributed by atoms with E-state index in [0.717, 1.165) is 21.9 Å². The van der Waals surface area contributed by atoms with Gasteiger partial charge in [-0.3, -0.25) is 9.48 Å². The van der Waals surface area contributed by atoms with E-state index in [1.165, 1.54) is 11.8 Å². The molecule has 0 radical (unpaired) electrons. The Balaban J connectivity index is 1.55. The minimum absolute atomic E-state index is 0.114.